The van der Waals surface area contributed by atoms with Gasteiger partial charge in [0.2, 0.25) is 0 Å². The van der Waals surface area contributed by atoms with E-state index in [1.54, 1.807) is 6.92 Å². The SMILES string of the molecule is CC(O)COCCC[Si](C)(C)O[Si](C)(C)OC(CO)COCCC[SiH](C)C. The fourth-order valence-corrected chi connectivity index (χ4v) is 11.8. The molecule has 0 amide bonds. The Kier molecular flexibility index (Phi) is 14.6. The van der Waals surface area contributed by atoms with E-state index in [1.165, 1.54) is 6.04 Å². The molecule has 2 atom stereocenters. The Labute approximate surface area is 170 Å². The van der Waals surface area contributed by atoms with Gasteiger partial charge in [-0.3, -0.25) is 0 Å². The van der Waals surface area contributed by atoms with Crippen molar-refractivity contribution in [3.8, 4) is 0 Å². The molecule has 0 aromatic carbocycles. The molecule has 2 unspecified atom stereocenters. The molecule has 0 aliphatic heterocycles. The summed E-state index contributed by atoms with van der Waals surface area (Å²) in [7, 11) is -4.74. The maximum atomic E-state index is 9.62. The molecule has 0 aliphatic rings. The van der Waals surface area contributed by atoms with Crippen molar-refractivity contribution >= 4 is 25.7 Å². The van der Waals surface area contributed by atoms with Gasteiger partial charge in [-0.15, -0.1) is 0 Å². The predicted octanol–water partition coefficient (Wildman–Crippen LogP) is 2.97. The van der Waals surface area contributed by atoms with Crippen molar-refractivity contribution in [2.24, 2.45) is 0 Å². The van der Waals surface area contributed by atoms with Gasteiger partial charge in [-0.05, 0) is 52.0 Å². The van der Waals surface area contributed by atoms with Gasteiger partial charge in [0.25, 0.3) is 0 Å². The first-order valence-corrected chi connectivity index (χ1v) is 19.4. The van der Waals surface area contributed by atoms with Crippen LogP contribution in [0.25, 0.3) is 0 Å². The van der Waals surface area contributed by atoms with E-state index in [4.69, 9.17) is 18.0 Å². The lowest BCUT2D eigenvalue weighted by molar-refractivity contribution is 0.00676. The topological polar surface area (TPSA) is 77.4 Å². The Balaban J connectivity index is 4.20. The van der Waals surface area contributed by atoms with Crippen LogP contribution in [0.15, 0.2) is 0 Å². The maximum absolute atomic E-state index is 9.62. The largest absolute Gasteiger partial charge is 0.436 e. The molecule has 27 heavy (non-hydrogen) atoms. The summed E-state index contributed by atoms with van der Waals surface area (Å²) in [6.07, 6.45) is 1.27. The Morgan fingerprint density at radius 1 is 0.963 bits per heavy atom. The molecule has 0 saturated heterocycles. The van der Waals surface area contributed by atoms with Gasteiger partial charge in [0.1, 0.15) is 0 Å². The molecule has 9 heteroatoms. The monoisotopic (exact) mass is 440 g/mol. The van der Waals surface area contributed by atoms with Gasteiger partial charge in [0.15, 0.2) is 8.32 Å². The average molecular weight is 441 g/mol. The fraction of sp³-hybridized carbons (Fsp3) is 1.00. The molecular weight excluding hydrogens is 396 g/mol. The average Bonchev–Trinajstić information content (AvgIpc) is 2.51. The zero-order chi connectivity index (χ0) is 20.9. The lowest BCUT2D eigenvalue weighted by Crippen LogP contribution is -2.49. The summed E-state index contributed by atoms with van der Waals surface area (Å²) >= 11 is 0. The van der Waals surface area contributed by atoms with E-state index in [9.17, 15) is 10.2 Å². The molecule has 6 nitrogen and oxygen atoms in total. The molecule has 0 rings (SSSR count). The highest BCUT2D eigenvalue weighted by Gasteiger charge is 2.36. The summed E-state index contributed by atoms with van der Waals surface area (Å²) in [5.41, 5.74) is 0. The van der Waals surface area contributed by atoms with E-state index in [2.05, 4.69) is 26.2 Å². The molecular formula is C18H44O6Si3. The number of aliphatic hydroxyl groups is 2. The third-order valence-electron chi connectivity index (χ3n) is 3.98. The summed E-state index contributed by atoms with van der Waals surface area (Å²) in [6.45, 7) is 17.0. The number of rotatable bonds is 17. The smallest absolute Gasteiger partial charge is 0.321 e. The second-order valence-electron chi connectivity index (χ2n) is 8.82. The van der Waals surface area contributed by atoms with Crippen molar-refractivity contribution in [2.45, 2.75) is 83.3 Å². The van der Waals surface area contributed by atoms with Crippen molar-refractivity contribution in [3.63, 3.8) is 0 Å². The molecule has 0 saturated carbocycles. The first kappa shape index (κ1) is 27.4. The van der Waals surface area contributed by atoms with E-state index in [0.717, 1.165) is 25.5 Å². The highest BCUT2D eigenvalue weighted by Crippen LogP contribution is 2.22. The van der Waals surface area contributed by atoms with Crippen LogP contribution >= 0.6 is 0 Å². The number of ether oxygens (including phenoxy) is 2. The van der Waals surface area contributed by atoms with Gasteiger partial charge in [-0.25, -0.2) is 0 Å². The summed E-state index contributed by atoms with van der Waals surface area (Å²) in [5.74, 6) is 0. The molecule has 0 bridgehead atoms. The highest BCUT2D eigenvalue weighted by atomic mass is 28.4. The molecule has 2 N–H and O–H groups in total. The first-order chi connectivity index (χ1) is 12.5. The normalized spacial score (nSPS) is 15.3. The minimum Gasteiger partial charge on any atom is -0.436 e. The third-order valence-corrected chi connectivity index (χ3v) is 12.2. The van der Waals surface area contributed by atoms with Crippen LogP contribution in [-0.2, 0) is 18.0 Å². The number of aliphatic hydroxyl groups excluding tert-OH is 2. The lowest BCUT2D eigenvalue weighted by Gasteiger charge is -2.35. The van der Waals surface area contributed by atoms with E-state index in [-0.39, 0.29) is 12.7 Å². The minimum atomic E-state index is -2.35. The van der Waals surface area contributed by atoms with Crippen LogP contribution in [0.1, 0.15) is 19.8 Å². The van der Waals surface area contributed by atoms with Crippen molar-refractivity contribution in [1.29, 1.82) is 0 Å². The Morgan fingerprint density at radius 2 is 1.56 bits per heavy atom. The Morgan fingerprint density at radius 3 is 2.11 bits per heavy atom. The van der Waals surface area contributed by atoms with Crippen LogP contribution in [0.3, 0.4) is 0 Å². The third kappa shape index (κ3) is 17.0. The molecule has 0 heterocycles. The fourth-order valence-electron chi connectivity index (χ4n) is 2.93. The molecule has 0 spiro atoms. The summed E-state index contributed by atoms with van der Waals surface area (Å²) in [5, 5.41) is 18.8. The van der Waals surface area contributed by atoms with Crippen LogP contribution in [-0.4, -0.2) is 81.1 Å². The quantitative estimate of drug-likeness (QED) is 0.267. The van der Waals surface area contributed by atoms with E-state index in [0.29, 0.717) is 19.8 Å². The predicted molar refractivity (Wildman–Crippen MR) is 119 cm³/mol. The van der Waals surface area contributed by atoms with Gasteiger partial charge in [0.05, 0.1) is 32.0 Å². The zero-order valence-corrected chi connectivity index (χ0v) is 21.8. The Hall–Kier alpha value is 0.411. The maximum Gasteiger partial charge on any atom is 0.321 e. The van der Waals surface area contributed by atoms with E-state index < -0.39 is 31.8 Å². The molecule has 0 aliphatic carbocycles. The molecule has 0 aromatic rings. The highest BCUT2D eigenvalue weighted by molar-refractivity contribution is 6.82. The molecule has 0 aromatic heterocycles. The summed E-state index contributed by atoms with van der Waals surface area (Å²) in [6, 6.07) is 2.26. The van der Waals surface area contributed by atoms with Crippen LogP contribution in [0.4, 0.5) is 0 Å². The Bertz CT molecular complexity index is 367. The standard InChI is InChI=1S/C18H44O6Si3/c1-17(20)15-21-11-9-13-26(4,5)24-27(6,7)23-18(14-19)16-22-10-8-12-25(2)3/h17-20,25H,8-16H2,1-7H3. The second kappa shape index (κ2) is 14.4. The minimum absolute atomic E-state index is 0.0477. The first-order valence-electron chi connectivity index (χ1n) is 10.3. The molecule has 0 radical (unpaired) electrons. The van der Waals surface area contributed by atoms with E-state index >= 15 is 0 Å². The van der Waals surface area contributed by atoms with Crippen molar-refractivity contribution < 1.29 is 28.2 Å². The number of hydrogen-bond acceptors (Lipinski definition) is 6. The summed E-state index contributed by atoms with van der Waals surface area (Å²) < 4.78 is 23.7. The number of hydrogen-bond donors (Lipinski definition) is 2. The van der Waals surface area contributed by atoms with Gasteiger partial charge in [-0.1, -0.05) is 19.1 Å². The van der Waals surface area contributed by atoms with Crippen LogP contribution in [0.2, 0.25) is 51.4 Å². The molecule has 0 fully saturated rings. The summed E-state index contributed by atoms with van der Waals surface area (Å²) in [4.78, 5) is 0. The van der Waals surface area contributed by atoms with Crippen molar-refractivity contribution in [3.05, 3.63) is 0 Å². The van der Waals surface area contributed by atoms with Gasteiger partial charge < -0.3 is 28.2 Å². The lowest BCUT2D eigenvalue weighted by atomic mass is 10.4. The van der Waals surface area contributed by atoms with Gasteiger partial charge in [0, 0.05) is 22.0 Å². The van der Waals surface area contributed by atoms with Gasteiger partial charge in [-0.2, -0.15) is 0 Å². The zero-order valence-electron chi connectivity index (χ0n) is 18.6. The van der Waals surface area contributed by atoms with Crippen LogP contribution in [0, 0.1) is 0 Å². The van der Waals surface area contributed by atoms with Crippen LogP contribution in [0.5, 0.6) is 0 Å². The van der Waals surface area contributed by atoms with Crippen LogP contribution < -0.4 is 0 Å². The molecule has 164 valence electrons. The van der Waals surface area contributed by atoms with Crippen molar-refractivity contribution in [2.75, 3.05) is 33.0 Å². The second-order valence-corrected chi connectivity index (χ2v) is 20.1. The van der Waals surface area contributed by atoms with E-state index in [1.807, 2.05) is 13.1 Å². The van der Waals surface area contributed by atoms with Crippen molar-refractivity contribution in [1.82, 2.24) is 0 Å². The van der Waals surface area contributed by atoms with Gasteiger partial charge >= 0.3 is 8.56 Å².